The predicted octanol–water partition coefficient (Wildman–Crippen LogP) is 1.66. The third-order valence-electron chi connectivity index (χ3n) is 3.94. The number of carbonyl (C=O) groups is 2. The number of hydrogen-bond donors (Lipinski definition) is 2. The second kappa shape index (κ2) is 6.92. The number of piperazine rings is 1. The van der Waals surface area contributed by atoms with Gasteiger partial charge in [0, 0.05) is 6.42 Å². The number of amides is 2. The van der Waals surface area contributed by atoms with Gasteiger partial charge in [0.25, 0.3) is 0 Å². The van der Waals surface area contributed by atoms with Crippen LogP contribution < -0.4 is 20.1 Å². The molecule has 0 spiro atoms. The summed E-state index contributed by atoms with van der Waals surface area (Å²) in [6, 6.07) is 5.81. The van der Waals surface area contributed by atoms with Gasteiger partial charge in [-0.05, 0) is 40.1 Å². The van der Waals surface area contributed by atoms with Crippen LogP contribution in [0.15, 0.2) is 35.0 Å². The number of thiophene rings is 1. The molecule has 126 valence electrons. The molecule has 0 saturated carbocycles. The molecule has 1 fully saturated rings. The largest absolute Gasteiger partial charge is 0.493 e. The summed E-state index contributed by atoms with van der Waals surface area (Å²) < 4.78 is 10.4. The normalized spacial score (nSPS) is 20.2. The molecule has 2 unspecified atom stereocenters. The third-order valence-corrected chi connectivity index (χ3v) is 4.67. The van der Waals surface area contributed by atoms with Crippen molar-refractivity contribution >= 4 is 23.2 Å². The fraction of sp³-hybridized carbons (Fsp3) is 0.294. The van der Waals surface area contributed by atoms with Gasteiger partial charge in [0.15, 0.2) is 11.5 Å². The van der Waals surface area contributed by atoms with Crippen LogP contribution in [0.3, 0.4) is 0 Å². The molecule has 3 rings (SSSR count). The second-order valence-electron chi connectivity index (χ2n) is 5.45. The van der Waals surface area contributed by atoms with Gasteiger partial charge < -0.3 is 20.1 Å². The van der Waals surface area contributed by atoms with E-state index in [4.69, 9.17) is 9.47 Å². The quantitative estimate of drug-likeness (QED) is 0.863. The number of carbonyl (C=O) groups excluding carboxylic acids is 2. The summed E-state index contributed by atoms with van der Waals surface area (Å²) in [6.45, 7) is 0. The fourth-order valence-electron chi connectivity index (χ4n) is 2.68. The van der Waals surface area contributed by atoms with E-state index in [2.05, 4.69) is 10.6 Å². The van der Waals surface area contributed by atoms with E-state index < -0.39 is 12.1 Å². The first kappa shape index (κ1) is 16.3. The van der Waals surface area contributed by atoms with E-state index in [1.807, 2.05) is 16.8 Å². The van der Waals surface area contributed by atoms with Gasteiger partial charge in [-0.1, -0.05) is 6.07 Å². The highest BCUT2D eigenvalue weighted by Gasteiger charge is 2.34. The summed E-state index contributed by atoms with van der Waals surface area (Å²) in [5.41, 5.74) is 1.68. The van der Waals surface area contributed by atoms with Gasteiger partial charge in [0.1, 0.15) is 12.1 Å². The first-order chi connectivity index (χ1) is 11.6. The van der Waals surface area contributed by atoms with Crippen LogP contribution >= 0.6 is 11.3 Å². The molecular weight excluding hydrogens is 328 g/mol. The highest BCUT2D eigenvalue weighted by atomic mass is 32.1. The molecule has 6 nitrogen and oxygen atoms in total. The van der Waals surface area contributed by atoms with Gasteiger partial charge in [-0.3, -0.25) is 9.59 Å². The number of rotatable bonds is 5. The van der Waals surface area contributed by atoms with Crippen LogP contribution in [-0.4, -0.2) is 32.1 Å². The van der Waals surface area contributed by atoms with Crippen molar-refractivity contribution in [1.82, 2.24) is 10.6 Å². The average molecular weight is 346 g/mol. The number of hydrogen-bond acceptors (Lipinski definition) is 5. The van der Waals surface area contributed by atoms with Crippen LogP contribution in [0.25, 0.3) is 0 Å². The Hall–Kier alpha value is -2.54. The van der Waals surface area contributed by atoms with Crippen molar-refractivity contribution in [3.8, 4) is 11.5 Å². The topological polar surface area (TPSA) is 76.7 Å². The Morgan fingerprint density at radius 2 is 1.83 bits per heavy atom. The van der Waals surface area contributed by atoms with Crippen molar-refractivity contribution in [3.63, 3.8) is 0 Å². The summed E-state index contributed by atoms with van der Waals surface area (Å²) in [5, 5.41) is 9.51. The predicted molar refractivity (Wildman–Crippen MR) is 90.4 cm³/mol. The Morgan fingerprint density at radius 1 is 1.04 bits per heavy atom. The molecule has 2 atom stereocenters. The van der Waals surface area contributed by atoms with Gasteiger partial charge in [-0.2, -0.15) is 11.3 Å². The van der Waals surface area contributed by atoms with E-state index in [1.165, 1.54) is 7.11 Å². The number of benzene rings is 1. The molecule has 2 heterocycles. The Morgan fingerprint density at radius 3 is 2.50 bits per heavy atom. The van der Waals surface area contributed by atoms with Gasteiger partial charge >= 0.3 is 0 Å². The molecule has 1 saturated heterocycles. The lowest BCUT2D eigenvalue weighted by Gasteiger charge is -2.30. The maximum atomic E-state index is 12.4. The molecule has 2 aromatic rings. The third kappa shape index (κ3) is 3.21. The standard InChI is InChI=1S/C17H18N2O4S/c1-22-13-4-3-11(8-14(13)23-2)15-17(21)18-12(16(20)19-15)7-10-5-6-24-9-10/h3-6,8-9,12,15H,7H2,1-2H3,(H,18,21)(H,19,20). The Balaban J connectivity index is 1.77. The van der Waals surface area contributed by atoms with E-state index in [1.54, 1.807) is 36.6 Å². The molecule has 1 aromatic heterocycles. The minimum atomic E-state index is -0.740. The lowest BCUT2D eigenvalue weighted by atomic mass is 9.99. The molecule has 0 aliphatic carbocycles. The summed E-state index contributed by atoms with van der Waals surface area (Å²) in [7, 11) is 3.07. The van der Waals surface area contributed by atoms with E-state index in [9.17, 15) is 9.59 Å². The molecule has 1 aromatic carbocycles. The second-order valence-corrected chi connectivity index (χ2v) is 6.23. The van der Waals surface area contributed by atoms with Gasteiger partial charge in [0.05, 0.1) is 14.2 Å². The molecule has 24 heavy (non-hydrogen) atoms. The number of methoxy groups -OCH3 is 2. The van der Waals surface area contributed by atoms with Gasteiger partial charge in [-0.15, -0.1) is 0 Å². The van der Waals surface area contributed by atoms with Gasteiger partial charge in [-0.25, -0.2) is 0 Å². The summed E-state index contributed by atoms with van der Waals surface area (Å²) in [6.07, 6.45) is 0.486. The van der Waals surface area contributed by atoms with E-state index >= 15 is 0 Å². The lowest BCUT2D eigenvalue weighted by Crippen LogP contribution is -2.58. The summed E-state index contributed by atoms with van der Waals surface area (Å²) in [5.74, 6) is 0.652. The molecule has 2 N–H and O–H groups in total. The zero-order chi connectivity index (χ0) is 17.1. The van der Waals surface area contributed by atoms with Crippen molar-refractivity contribution in [1.29, 1.82) is 0 Å². The zero-order valence-corrected chi connectivity index (χ0v) is 14.2. The van der Waals surface area contributed by atoms with Crippen LogP contribution in [0.1, 0.15) is 17.2 Å². The smallest absolute Gasteiger partial charge is 0.247 e. The number of ether oxygens (including phenoxy) is 2. The van der Waals surface area contributed by atoms with Crippen molar-refractivity contribution in [2.45, 2.75) is 18.5 Å². The highest BCUT2D eigenvalue weighted by Crippen LogP contribution is 2.30. The zero-order valence-electron chi connectivity index (χ0n) is 13.4. The highest BCUT2D eigenvalue weighted by molar-refractivity contribution is 7.07. The Labute approximate surface area is 143 Å². The lowest BCUT2D eigenvalue weighted by molar-refractivity contribution is -0.136. The summed E-state index contributed by atoms with van der Waals surface area (Å²) in [4.78, 5) is 24.8. The van der Waals surface area contributed by atoms with E-state index in [0.717, 1.165) is 5.56 Å². The maximum absolute atomic E-state index is 12.4. The minimum Gasteiger partial charge on any atom is -0.493 e. The first-order valence-electron chi connectivity index (χ1n) is 7.46. The molecule has 2 amide bonds. The fourth-order valence-corrected chi connectivity index (χ4v) is 3.37. The molecule has 1 aliphatic rings. The molecular formula is C17H18N2O4S. The monoisotopic (exact) mass is 346 g/mol. The van der Waals surface area contributed by atoms with Crippen molar-refractivity contribution in [3.05, 3.63) is 46.2 Å². The van der Waals surface area contributed by atoms with Gasteiger partial charge in [0.2, 0.25) is 11.8 Å². The van der Waals surface area contributed by atoms with Crippen molar-refractivity contribution in [2.24, 2.45) is 0 Å². The SMILES string of the molecule is COc1ccc(C2NC(=O)C(Cc3ccsc3)NC2=O)cc1OC. The van der Waals surface area contributed by atoms with Crippen molar-refractivity contribution in [2.75, 3.05) is 14.2 Å². The van der Waals surface area contributed by atoms with E-state index in [-0.39, 0.29) is 11.8 Å². The molecule has 1 aliphatic heterocycles. The van der Waals surface area contributed by atoms with E-state index in [0.29, 0.717) is 23.5 Å². The molecule has 0 bridgehead atoms. The molecule has 0 radical (unpaired) electrons. The first-order valence-corrected chi connectivity index (χ1v) is 8.40. The van der Waals surface area contributed by atoms with Crippen molar-refractivity contribution < 1.29 is 19.1 Å². The van der Waals surface area contributed by atoms with Crippen LogP contribution in [0.2, 0.25) is 0 Å². The summed E-state index contributed by atoms with van der Waals surface area (Å²) >= 11 is 1.56. The minimum absolute atomic E-state index is 0.194. The Kier molecular flexibility index (Phi) is 4.71. The van der Waals surface area contributed by atoms with Crippen LogP contribution in [-0.2, 0) is 16.0 Å². The maximum Gasteiger partial charge on any atom is 0.247 e. The van der Waals surface area contributed by atoms with Crippen LogP contribution in [0.5, 0.6) is 11.5 Å². The van der Waals surface area contributed by atoms with Crippen LogP contribution in [0, 0.1) is 0 Å². The average Bonchev–Trinajstić information content (AvgIpc) is 3.10. The number of nitrogens with one attached hydrogen (secondary N) is 2. The van der Waals surface area contributed by atoms with Crippen LogP contribution in [0.4, 0.5) is 0 Å². The molecule has 7 heteroatoms. The Bertz CT molecular complexity index is 745.